The molecular formula is C15H26ClN5O3S. The van der Waals surface area contributed by atoms with Crippen LogP contribution >= 0.6 is 12.4 Å². The highest BCUT2D eigenvalue weighted by molar-refractivity contribution is 7.91. The number of sulfone groups is 1. The molecular weight excluding hydrogens is 366 g/mol. The van der Waals surface area contributed by atoms with Crippen LogP contribution in [0, 0.1) is 0 Å². The molecule has 2 aliphatic rings. The van der Waals surface area contributed by atoms with Gasteiger partial charge in [0.05, 0.1) is 24.0 Å². The minimum atomic E-state index is -3.01. The summed E-state index contributed by atoms with van der Waals surface area (Å²) in [5, 5.41) is 7.06. The van der Waals surface area contributed by atoms with Gasteiger partial charge in [0.25, 0.3) is 0 Å². The SMILES string of the molecule is CNC(=O)Cc1nc(C2CCC(N)CC2)n(C2CCS(=O)(=O)C2)n1.Cl. The first-order chi connectivity index (χ1) is 11.4. The first-order valence-electron chi connectivity index (χ1n) is 8.50. The number of amides is 1. The zero-order valence-corrected chi connectivity index (χ0v) is 16.0. The van der Waals surface area contributed by atoms with Gasteiger partial charge in [0.15, 0.2) is 15.7 Å². The number of aromatic nitrogens is 3. The molecule has 1 aliphatic carbocycles. The largest absolute Gasteiger partial charge is 0.359 e. The second kappa shape index (κ2) is 8.01. The zero-order valence-electron chi connectivity index (χ0n) is 14.3. The summed E-state index contributed by atoms with van der Waals surface area (Å²) in [7, 11) is -1.43. The fourth-order valence-electron chi connectivity index (χ4n) is 3.58. The minimum Gasteiger partial charge on any atom is -0.359 e. The minimum absolute atomic E-state index is 0. The molecule has 1 aromatic rings. The van der Waals surface area contributed by atoms with Crippen molar-refractivity contribution >= 4 is 28.2 Å². The van der Waals surface area contributed by atoms with Crippen molar-refractivity contribution in [2.45, 2.75) is 56.5 Å². The average molecular weight is 392 g/mol. The summed E-state index contributed by atoms with van der Waals surface area (Å²) in [5.74, 6) is 1.67. The fraction of sp³-hybridized carbons (Fsp3) is 0.800. The molecule has 0 aromatic carbocycles. The Kier molecular flexibility index (Phi) is 6.45. The van der Waals surface area contributed by atoms with E-state index in [-0.39, 0.29) is 54.2 Å². The molecule has 1 aromatic heterocycles. The number of nitrogens with two attached hydrogens (primary N) is 1. The standard InChI is InChI=1S/C15H25N5O3S.ClH/c1-17-14(21)8-13-18-15(10-2-4-11(16)5-3-10)20(19-13)12-6-7-24(22,23)9-12;/h10-12H,2-9,16H2,1H3,(H,17,21);1H. The Hall–Kier alpha value is -1.19. The van der Waals surface area contributed by atoms with E-state index >= 15 is 0 Å². The molecule has 3 N–H and O–H groups in total. The van der Waals surface area contributed by atoms with E-state index in [0.29, 0.717) is 12.2 Å². The second-order valence-corrected chi connectivity index (χ2v) is 9.08. The van der Waals surface area contributed by atoms with Crippen LogP contribution in [0.2, 0.25) is 0 Å². The van der Waals surface area contributed by atoms with Gasteiger partial charge in [-0.15, -0.1) is 12.4 Å². The third-order valence-electron chi connectivity index (χ3n) is 4.99. The molecule has 8 nitrogen and oxygen atoms in total. The molecule has 1 saturated carbocycles. The van der Waals surface area contributed by atoms with Gasteiger partial charge in [0.1, 0.15) is 5.82 Å². The van der Waals surface area contributed by atoms with Crippen LogP contribution in [-0.2, 0) is 21.1 Å². The van der Waals surface area contributed by atoms with Gasteiger partial charge in [0.2, 0.25) is 5.91 Å². The molecule has 0 spiro atoms. The van der Waals surface area contributed by atoms with Crippen molar-refractivity contribution in [1.82, 2.24) is 20.1 Å². The van der Waals surface area contributed by atoms with E-state index < -0.39 is 9.84 Å². The van der Waals surface area contributed by atoms with Crippen LogP contribution in [0.3, 0.4) is 0 Å². The number of hydrogen-bond donors (Lipinski definition) is 2. The van der Waals surface area contributed by atoms with Crippen LogP contribution in [0.25, 0.3) is 0 Å². The number of carbonyl (C=O) groups excluding carboxylic acids is 1. The van der Waals surface area contributed by atoms with Crippen molar-refractivity contribution in [2.24, 2.45) is 5.73 Å². The molecule has 1 atom stereocenters. The summed E-state index contributed by atoms with van der Waals surface area (Å²) in [4.78, 5) is 16.2. The predicted molar refractivity (Wildman–Crippen MR) is 96.5 cm³/mol. The summed E-state index contributed by atoms with van der Waals surface area (Å²) in [6.07, 6.45) is 4.40. The molecule has 2 fully saturated rings. The fourth-order valence-corrected chi connectivity index (χ4v) is 5.27. The Morgan fingerprint density at radius 2 is 1.96 bits per heavy atom. The molecule has 10 heteroatoms. The van der Waals surface area contributed by atoms with E-state index in [1.54, 1.807) is 11.7 Å². The summed E-state index contributed by atoms with van der Waals surface area (Å²) in [6.45, 7) is 0. The number of carbonyl (C=O) groups is 1. The monoisotopic (exact) mass is 391 g/mol. The molecule has 0 radical (unpaired) electrons. The normalized spacial score (nSPS) is 28.3. The van der Waals surface area contributed by atoms with E-state index in [2.05, 4.69) is 15.4 Å². The predicted octanol–water partition coefficient (Wildman–Crippen LogP) is 0.333. The number of halogens is 1. The van der Waals surface area contributed by atoms with E-state index in [1.165, 1.54) is 0 Å². The van der Waals surface area contributed by atoms with Gasteiger partial charge in [-0.25, -0.2) is 18.1 Å². The van der Waals surface area contributed by atoms with Crippen molar-refractivity contribution in [3.63, 3.8) is 0 Å². The Bertz CT molecular complexity index is 713. The van der Waals surface area contributed by atoms with E-state index in [1.807, 2.05) is 0 Å². The van der Waals surface area contributed by atoms with E-state index in [4.69, 9.17) is 5.73 Å². The lowest BCUT2D eigenvalue weighted by atomic mass is 9.86. The lowest BCUT2D eigenvalue weighted by molar-refractivity contribution is -0.120. The third kappa shape index (κ3) is 4.71. The number of likely N-dealkylation sites (N-methyl/N-ethyl adjacent to an activating group) is 1. The van der Waals surface area contributed by atoms with Crippen LogP contribution < -0.4 is 11.1 Å². The first-order valence-corrected chi connectivity index (χ1v) is 10.3. The van der Waals surface area contributed by atoms with Crippen molar-refractivity contribution in [3.8, 4) is 0 Å². The second-order valence-electron chi connectivity index (χ2n) is 6.85. The Labute approximate surface area is 154 Å². The molecule has 2 heterocycles. The van der Waals surface area contributed by atoms with E-state index in [0.717, 1.165) is 31.5 Å². The maximum absolute atomic E-state index is 11.8. The van der Waals surface area contributed by atoms with Crippen molar-refractivity contribution < 1.29 is 13.2 Å². The van der Waals surface area contributed by atoms with Crippen LogP contribution in [-0.4, -0.2) is 53.7 Å². The highest BCUT2D eigenvalue weighted by atomic mass is 35.5. The smallest absolute Gasteiger partial charge is 0.227 e. The molecule has 1 aliphatic heterocycles. The van der Waals surface area contributed by atoms with Gasteiger partial charge >= 0.3 is 0 Å². The molecule has 1 amide bonds. The Balaban J connectivity index is 0.00000225. The van der Waals surface area contributed by atoms with Crippen molar-refractivity contribution in [2.75, 3.05) is 18.6 Å². The first kappa shape index (κ1) is 20.1. The summed E-state index contributed by atoms with van der Waals surface area (Å²) < 4.78 is 25.4. The van der Waals surface area contributed by atoms with Gasteiger partial charge in [-0.05, 0) is 32.1 Å². The van der Waals surface area contributed by atoms with Crippen molar-refractivity contribution in [1.29, 1.82) is 0 Å². The number of rotatable bonds is 4. The molecule has 1 saturated heterocycles. The van der Waals surface area contributed by atoms with Crippen LogP contribution in [0.4, 0.5) is 0 Å². The van der Waals surface area contributed by atoms with Gasteiger partial charge in [0, 0.05) is 19.0 Å². The zero-order chi connectivity index (χ0) is 17.3. The number of nitrogens with one attached hydrogen (secondary N) is 1. The topological polar surface area (TPSA) is 120 Å². The van der Waals surface area contributed by atoms with Gasteiger partial charge in [-0.1, -0.05) is 0 Å². The highest BCUT2D eigenvalue weighted by Gasteiger charge is 2.34. The number of nitrogens with zero attached hydrogens (tertiary/aromatic N) is 3. The summed E-state index contributed by atoms with van der Waals surface area (Å²) >= 11 is 0. The van der Waals surface area contributed by atoms with Gasteiger partial charge in [-0.3, -0.25) is 4.79 Å². The Morgan fingerprint density at radius 1 is 1.28 bits per heavy atom. The molecule has 142 valence electrons. The summed E-state index contributed by atoms with van der Waals surface area (Å²) in [5.41, 5.74) is 5.98. The number of hydrogen-bond acceptors (Lipinski definition) is 6. The lowest BCUT2D eigenvalue weighted by Crippen LogP contribution is -2.27. The van der Waals surface area contributed by atoms with Crippen LogP contribution in [0.5, 0.6) is 0 Å². The van der Waals surface area contributed by atoms with E-state index in [9.17, 15) is 13.2 Å². The molecule has 0 bridgehead atoms. The quantitative estimate of drug-likeness (QED) is 0.763. The van der Waals surface area contributed by atoms with Gasteiger partial charge < -0.3 is 11.1 Å². The lowest BCUT2D eigenvalue weighted by Gasteiger charge is -2.26. The molecule has 1 unspecified atom stereocenters. The maximum Gasteiger partial charge on any atom is 0.227 e. The van der Waals surface area contributed by atoms with Crippen molar-refractivity contribution in [3.05, 3.63) is 11.6 Å². The Morgan fingerprint density at radius 3 is 2.52 bits per heavy atom. The van der Waals surface area contributed by atoms with Gasteiger partial charge in [-0.2, -0.15) is 5.10 Å². The van der Waals surface area contributed by atoms with Crippen LogP contribution in [0.15, 0.2) is 0 Å². The molecule has 3 rings (SSSR count). The van der Waals surface area contributed by atoms with Crippen LogP contribution in [0.1, 0.15) is 55.7 Å². The molecule has 25 heavy (non-hydrogen) atoms. The third-order valence-corrected chi connectivity index (χ3v) is 6.74. The highest BCUT2D eigenvalue weighted by Crippen LogP contribution is 2.34. The average Bonchev–Trinajstić information content (AvgIpc) is 3.11. The summed E-state index contributed by atoms with van der Waals surface area (Å²) in [6, 6.07) is 0.0568. The maximum atomic E-state index is 11.8.